The van der Waals surface area contributed by atoms with Crippen molar-refractivity contribution < 1.29 is 0 Å². The summed E-state index contributed by atoms with van der Waals surface area (Å²) in [6.45, 7) is 7.35. The number of hydrogen-bond donors (Lipinski definition) is 1. The van der Waals surface area contributed by atoms with Crippen molar-refractivity contribution in [2.75, 3.05) is 7.05 Å². The van der Waals surface area contributed by atoms with Crippen LogP contribution in [0.15, 0.2) is 4.47 Å². The van der Waals surface area contributed by atoms with E-state index in [1.54, 1.807) is 0 Å². The number of hydrogen-bond acceptors (Lipinski definition) is 2. The molecule has 0 fully saturated rings. The lowest BCUT2D eigenvalue weighted by Crippen LogP contribution is -2.25. The van der Waals surface area contributed by atoms with E-state index in [-0.39, 0.29) is 0 Å². The molecule has 1 rings (SSSR count). The average molecular weight is 288 g/mol. The van der Waals surface area contributed by atoms with Gasteiger partial charge in [0.1, 0.15) is 0 Å². The molecule has 0 aliphatic heterocycles. The topological polar surface area (TPSA) is 29.9 Å². The van der Waals surface area contributed by atoms with Crippen molar-refractivity contribution in [2.45, 2.75) is 52.6 Å². The summed E-state index contributed by atoms with van der Waals surface area (Å²) in [6, 6.07) is 0.604. The van der Waals surface area contributed by atoms with Crippen LogP contribution in [0.25, 0.3) is 0 Å². The van der Waals surface area contributed by atoms with Crippen molar-refractivity contribution in [1.82, 2.24) is 15.1 Å². The molecule has 0 saturated heterocycles. The minimum atomic E-state index is 0.604. The molecule has 0 radical (unpaired) electrons. The Morgan fingerprint density at radius 1 is 1.44 bits per heavy atom. The second kappa shape index (κ2) is 6.40. The smallest absolute Gasteiger partial charge is 0.0738 e. The van der Waals surface area contributed by atoms with Crippen LogP contribution in [0.5, 0.6) is 0 Å². The summed E-state index contributed by atoms with van der Waals surface area (Å²) in [5.41, 5.74) is 2.42. The zero-order valence-corrected chi connectivity index (χ0v) is 12.3. The fraction of sp³-hybridized carbons (Fsp3) is 0.750. The van der Waals surface area contributed by atoms with Crippen LogP contribution in [0.3, 0.4) is 0 Å². The van der Waals surface area contributed by atoms with Gasteiger partial charge in [-0.15, -0.1) is 0 Å². The quantitative estimate of drug-likeness (QED) is 0.872. The number of aromatic nitrogens is 2. The molecular formula is C12H22BrN3. The van der Waals surface area contributed by atoms with Crippen molar-refractivity contribution in [1.29, 1.82) is 0 Å². The third kappa shape index (κ3) is 3.08. The molecule has 1 aromatic heterocycles. The first kappa shape index (κ1) is 13.7. The van der Waals surface area contributed by atoms with Crippen LogP contribution in [-0.2, 0) is 13.0 Å². The predicted molar refractivity (Wildman–Crippen MR) is 71.8 cm³/mol. The molecule has 0 aliphatic rings. The van der Waals surface area contributed by atoms with Gasteiger partial charge in [-0.2, -0.15) is 5.10 Å². The minimum Gasteiger partial charge on any atom is -0.317 e. The van der Waals surface area contributed by atoms with E-state index >= 15 is 0 Å². The molecule has 1 aromatic rings. The molecule has 3 nitrogen and oxygen atoms in total. The number of rotatable bonds is 6. The average Bonchev–Trinajstić information content (AvgIpc) is 2.57. The van der Waals surface area contributed by atoms with Gasteiger partial charge in [0.15, 0.2) is 0 Å². The zero-order chi connectivity index (χ0) is 12.1. The molecule has 0 aromatic carbocycles. The lowest BCUT2D eigenvalue weighted by atomic mass is 10.1. The maximum absolute atomic E-state index is 4.51. The van der Waals surface area contributed by atoms with E-state index in [0.717, 1.165) is 25.1 Å². The normalized spacial score (nSPS) is 13.1. The zero-order valence-electron chi connectivity index (χ0n) is 10.7. The highest BCUT2D eigenvalue weighted by atomic mass is 79.9. The molecular weight excluding hydrogens is 266 g/mol. The predicted octanol–water partition coefficient (Wildman–Crippen LogP) is 2.90. The van der Waals surface area contributed by atoms with E-state index in [4.69, 9.17) is 0 Å². The first-order chi connectivity index (χ1) is 7.63. The van der Waals surface area contributed by atoms with Crippen molar-refractivity contribution >= 4 is 15.9 Å². The van der Waals surface area contributed by atoms with Crippen molar-refractivity contribution in [3.05, 3.63) is 15.9 Å². The maximum Gasteiger partial charge on any atom is 0.0738 e. The Hall–Kier alpha value is -0.350. The van der Waals surface area contributed by atoms with Crippen LogP contribution in [-0.4, -0.2) is 22.9 Å². The summed E-state index contributed by atoms with van der Waals surface area (Å²) in [7, 11) is 2.03. The van der Waals surface area contributed by atoms with E-state index < -0.39 is 0 Å². The summed E-state index contributed by atoms with van der Waals surface area (Å²) in [6.07, 6.45) is 3.42. The Morgan fingerprint density at radius 3 is 2.62 bits per heavy atom. The molecule has 0 spiro atoms. The van der Waals surface area contributed by atoms with Gasteiger partial charge in [-0.25, -0.2) is 0 Å². The highest BCUT2D eigenvalue weighted by Gasteiger charge is 2.13. The Kier molecular flexibility index (Phi) is 5.49. The van der Waals surface area contributed by atoms with Crippen LogP contribution in [0.4, 0.5) is 0 Å². The van der Waals surface area contributed by atoms with Crippen LogP contribution in [0, 0.1) is 6.92 Å². The van der Waals surface area contributed by atoms with Crippen molar-refractivity contribution in [3.63, 3.8) is 0 Å². The molecule has 0 saturated carbocycles. The molecule has 1 N–H and O–H groups in total. The lowest BCUT2D eigenvalue weighted by Gasteiger charge is -2.14. The third-order valence-electron chi connectivity index (χ3n) is 3.08. The lowest BCUT2D eigenvalue weighted by molar-refractivity contribution is 0.494. The van der Waals surface area contributed by atoms with Crippen molar-refractivity contribution in [2.24, 2.45) is 0 Å². The first-order valence-electron chi connectivity index (χ1n) is 6.03. The molecule has 1 heterocycles. The van der Waals surface area contributed by atoms with Gasteiger partial charge < -0.3 is 5.32 Å². The number of halogens is 1. The summed E-state index contributed by atoms with van der Waals surface area (Å²) >= 11 is 3.63. The third-order valence-corrected chi connectivity index (χ3v) is 4.11. The maximum atomic E-state index is 4.51. The first-order valence-corrected chi connectivity index (χ1v) is 6.82. The summed E-state index contributed by atoms with van der Waals surface area (Å²) in [5.74, 6) is 0. The van der Waals surface area contributed by atoms with Gasteiger partial charge in [-0.1, -0.05) is 6.92 Å². The largest absolute Gasteiger partial charge is 0.317 e. The van der Waals surface area contributed by atoms with Crippen LogP contribution in [0.1, 0.15) is 38.1 Å². The van der Waals surface area contributed by atoms with Gasteiger partial charge in [0.2, 0.25) is 0 Å². The van der Waals surface area contributed by atoms with E-state index in [1.807, 2.05) is 7.05 Å². The molecule has 0 aliphatic carbocycles. The number of aryl methyl sites for hydroxylation is 2. The highest BCUT2D eigenvalue weighted by Crippen LogP contribution is 2.22. The summed E-state index contributed by atoms with van der Waals surface area (Å²) < 4.78 is 3.28. The van der Waals surface area contributed by atoms with E-state index in [1.165, 1.54) is 16.6 Å². The van der Waals surface area contributed by atoms with Crippen LogP contribution >= 0.6 is 15.9 Å². The molecule has 0 amide bonds. The molecule has 16 heavy (non-hydrogen) atoms. The van der Waals surface area contributed by atoms with Crippen LogP contribution < -0.4 is 5.32 Å². The Balaban J connectivity index is 2.72. The van der Waals surface area contributed by atoms with Gasteiger partial charge in [-0.05, 0) is 56.1 Å². The van der Waals surface area contributed by atoms with E-state index in [2.05, 4.69) is 51.8 Å². The molecule has 92 valence electrons. The Bertz CT molecular complexity index is 329. The number of nitrogens with zero attached hydrogens (tertiary/aromatic N) is 2. The monoisotopic (exact) mass is 287 g/mol. The van der Waals surface area contributed by atoms with Gasteiger partial charge in [0.05, 0.1) is 15.9 Å². The van der Waals surface area contributed by atoms with Crippen LogP contribution in [0.2, 0.25) is 0 Å². The minimum absolute atomic E-state index is 0.604. The van der Waals surface area contributed by atoms with E-state index in [0.29, 0.717) is 6.04 Å². The molecule has 4 heteroatoms. The Morgan fingerprint density at radius 2 is 2.12 bits per heavy atom. The fourth-order valence-electron chi connectivity index (χ4n) is 1.97. The highest BCUT2D eigenvalue weighted by molar-refractivity contribution is 9.10. The second-order valence-corrected chi connectivity index (χ2v) is 4.89. The van der Waals surface area contributed by atoms with Gasteiger partial charge in [0, 0.05) is 12.6 Å². The van der Waals surface area contributed by atoms with Gasteiger partial charge in [-0.3, -0.25) is 4.68 Å². The summed E-state index contributed by atoms with van der Waals surface area (Å²) in [4.78, 5) is 0. The summed E-state index contributed by atoms with van der Waals surface area (Å²) in [5, 5.41) is 7.85. The Labute approximate surface area is 107 Å². The molecule has 0 bridgehead atoms. The molecule has 1 atom stereocenters. The standard InChI is InChI=1S/C12H22BrN3/c1-5-10(14-4)7-8-11-12(13)9(3)15-16(11)6-2/h10,14H,5-8H2,1-4H3. The second-order valence-electron chi connectivity index (χ2n) is 4.09. The number of nitrogens with one attached hydrogen (secondary N) is 1. The fourth-order valence-corrected chi connectivity index (χ4v) is 2.45. The SMILES string of the molecule is CCC(CCc1c(Br)c(C)nn1CC)NC. The van der Waals surface area contributed by atoms with Crippen molar-refractivity contribution in [3.8, 4) is 0 Å². The van der Waals surface area contributed by atoms with E-state index in [9.17, 15) is 0 Å². The molecule has 1 unspecified atom stereocenters. The van der Waals surface area contributed by atoms with Gasteiger partial charge >= 0.3 is 0 Å². The van der Waals surface area contributed by atoms with Gasteiger partial charge in [0.25, 0.3) is 0 Å².